The monoisotopic (exact) mass is 368 g/mol. The van der Waals surface area contributed by atoms with Gasteiger partial charge in [0.1, 0.15) is 5.82 Å². The second kappa shape index (κ2) is 7.04. The number of aromatic nitrogens is 9. The molecule has 0 amide bonds. The van der Waals surface area contributed by atoms with Crippen molar-refractivity contribution in [1.29, 1.82) is 0 Å². The van der Waals surface area contributed by atoms with Crippen LogP contribution in [0.2, 0.25) is 0 Å². The summed E-state index contributed by atoms with van der Waals surface area (Å²) in [6.45, 7) is 0.703. The Morgan fingerprint density at radius 2 is 1.96 bits per heavy atom. The molecule has 10 nitrogen and oxygen atoms in total. The average Bonchev–Trinajstić information content (AvgIpc) is 3.25. The first kappa shape index (κ1) is 16.4. The number of hydrogen-bond donors (Lipinski definition) is 1. The molecule has 0 saturated heterocycles. The Labute approximate surface area is 153 Å². The summed E-state index contributed by atoms with van der Waals surface area (Å²) in [5, 5.41) is 20.7. The van der Waals surface area contributed by atoms with E-state index in [1.54, 1.807) is 39.7 Å². The molecule has 0 saturated carbocycles. The van der Waals surface area contributed by atoms with E-state index in [9.17, 15) is 0 Å². The number of rotatable bonds is 6. The summed E-state index contributed by atoms with van der Waals surface area (Å²) in [5.74, 6) is 2.19. The number of aryl methyl sites for hydroxylation is 2. The minimum absolute atomic E-state index is 0.635. The van der Waals surface area contributed by atoms with E-state index in [1.807, 2.05) is 26.2 Å². The third-order valence-electron chi connectivity index (χ3n) is 3.74. The van der Waals surface area contributed by atoms with E-state index >= 15 is 0 Å². The molecule has 0 radical (unpaired) electrons. The molecule has 26 heavy (non-hydrogen) atoms. The van der Waals surface area contributed by atoms with Gasteiger partial charge in [-0.25, -0.2) is 14.6 Å². The van der Waals surface area contributed by atoms with Crippen molar-refractivity contribution in [2.75, 3.05) is 17.6 Å². The molecule has 0 aliphatic heterocycles. The van der Waals surface area contributed by atoms with Crippen molar-refractivity contribution in [1.82, 2.24) is 44.9 Å². The Morgan fingerprint density at radius 3 is 2.73 bits per heavy atom. The number of fused-ring (bicyclic) bond motifs is 1. The molecule has 0 unspecified atom stereocenters. The van der Waals surface area contributed by atoms with Gasteiger partial charge < -0.3 is 5.32 Å². The number of anilines is 1. The summed E-state index contributed by atoms with van der Waals surface area (Å²) in [6.07, 6.45) is 5.23. The quantitative estimate of drug-likeness (QED) is 0.395. The van der Waals surface area contributed by atoms with E-state index in [0.717, 1.165) is 33.3 Å². The maximum atomic E-state index is 4.68. The second-order valence-corrected chi connectivity index (χ2v) is 6.56. The van der Waals surface area contributed by atoms with Gasteiger partial charge in [-0.15, -0.1) is 5.10 Å². The van der Waals surface area contributed by atoms with Gasteiger partial charge in [0.2, 0.25) is 5.16 Å². The van der Waals surface area contributed by atoms with Crippen molar-refractivity contribution in [2.45, 2.75) is 5.16 Å². The minimum Gasteiger partial charge on any atom is -0.368 e. The first-order valence-electron chi connectivity index (χ1n) is 7.91. The summed E-state index contributed by atoms with van der Waals surface area (Å²) in [4.78, 5) is 13.4. The Hall–Kier alpha value is -3.08. The predicted octanol–water partition coefficient (Wildman–Crippen LogP) is 1.15. The molecule has 0 aliphatic rings. The maximum Gasteiger partial charge on any atom is 0.209 e. The molecule has 4 aromatic heterocycles. The molecule has 1 N–H and O–H groups in total. The van der Waals surface area contributed by atoms with Gasteiger partial charge in [-0.1, -0.05) is 11.8 Å². The van der Waals surface area contributed by atoms with Gasteiger partial charge in [0.05, 0.1) is 11.6 Å². The largest absolute Gasteiger partial charge is 0.368 e. The molecule has 0 atom stereocenters. The third kappa shape index (κ3) is 3.20. The van der Waals surface area contributed by atoms with Crippen LogP contribution < -0.4 is 5.32 Å². The standard InChI is InChI=1S/C15H16N10S/c1-24-14-11(9-18-24)13(17-7-8-26-15-21-22-23-25(15)2)19-12(20-14)10-3-5-16-6-4-10/h3-6,9H,7-8H2,1-2H3,(H,17,19,20). The summed E-state index contributed by atoms with van der Waals surface area (Å²) in [7, 11) is 3.69. The lowest BCUT2D eigenvalue weighted by atomic mass is 10.2. The maximum absolute atomic E-state index is 4.68. The molecule has 0 bridgehead atoms. The van der Waals surface area contributed by atoms with E-state index in [0.29, 0.717) is 12.4 Å². The van der Waals surface area contributed by atoms with Crippen LogP contribution in [0.1, 0.15) is 0 Å². The third-order valence-corrected chi connectivity index (χ3v) is 4.75. The normalized spacial score (nSPS) is 11.2. The van der Waals surface area contributed by atoms with Gasteiger partial charge in [0.25, 0.3) is 0 Å². The Balaban J connectivity index is 1.56. The average molecular weight is 368 g/mol. The summed E-state index contributed by atoms with van der Waals surface area (Å²) < 4.78 is 3.39. The zero-order chi connectivity index (χ0) is 17.9. The van der Waals surface area contributed by atoms with Crippen LogP contribution in [0.15, 0.2) is 35.9 Å². The summed E-state index contributed by atoms with van der Waals surface area (Å²) in [6, 6.07) is 3.77. The number of nitrogens with one attached hydrogen (secondary N) is 1. The molecule has 0 aromatic carbocycles. The van der Waals surface area contributed by atoms with Crippen molar-refractivity contribution in [2.24, 2.45) is 14.1 Å². The molecular formula is C15H16N10S. The van der Waals surface area contributed by atoms with Gasteiger partial charge in [0, 0.05) is 44.4 Å². The number of pyridine rings is 1. The number of hydrogen-bond acceptors (Lipinski definition) is 9. The van der Waals surface area contributed by atoms with Gasteiger partial charge in [-0.2, -0.15) is 5.10 Å². The van der Waals surface area contributed by atoms with E-state index in [1.165, 1.54) is 0 Å². The van der Waals surface area contributed by atoms with Crippen molar-refractivity contribution in [3.05, 3.63) is 30.7 Å². The van der Waals surface area contributed by atoms with Crippen molar-refractivity contribution < 1.29 is 0 Å². The topological polar surface area (TPSA) is 112 Å². The zero-order valence-electron chi connectivity index (χ0n) is 14.2. The van der Waals surface area contributed by atoms with Crippen LogP contribution in [0, 0.1) is 0 Å². The molecule has 0 fully saturated rings. The highest BCUT2D eigenvalue weighted by Crippen LogP contribution is 2.24. The van der Waals surface area contributed by atoms with Gasteiger partial charge in [0.15, 0.2) is 11.5 Å². The lowest BCUT2D eigenvalue weighted by Crippen LogP contribution is -2.08. The van der Waals surface area contributed by atoms with Gasteiger partial charge in [-0.3, -0.25) is 9.67 Å². The Kier molecular flexibility index (Phi) is 4.44. The SMILES string of the molecule is Cn1nnnc1SCCNc1nc(-c2ccncc2)nc2c1cnn2C. The lowest BCUT2D eigenvalue weighted by molar-refractivity contribution is 0.664. The van der Waals surface area contributed by atoms with E-state index in [-0.39, 0.29) is 0 Å². The van der Waals surface area contributed by atoms with E-state index < -0.39 is 0 Å². The van der Waals surface area contributed by atoms with Gasteiger partial charge in [-0.05, 0) is 22.6 Å². The fourth-order valence-corrected chi connectivity index (χ4v) is 3.15. The Bertz CT molecular complexity index is 1030. The van der Waals surface area contributed by atoms with Crippen molar-refractivity contribution in [3.8, 4) is 11.4 Å². The van der Waals surface area contributed by atoms with Crippen LogP contribution in [-0.2, 0) is 14.1 Å². The molecule has 4 aromatic rings. The zero-order valence-corrected chi connectivity index (χ0v) is 15.1. The summed E-state index contributed by atoms with van der Waals surface area (Å²) in [5.41, 5.74) is 1.69. The van der Waals surface area contributed by atoms with Crippen molar-refractivity contribution >= 4 is 28.6 Å². The van der Waals surface area contributed by atoms with Crippen LogP contribution in [0.25, 0.3) is 22.4 Å². The first-order valence-corrected chi connectivity index (χ1v) is 8.90. The lowest BCUT2D eigenvalue weighted by Gasteiger charge is -2.09. The van der Waals surface area contributed by atoms with Crippen LogP contribution >= 0.6 is 11.8 Å². The minimum atomic E-state index is 0.635. The molecule has 4 heterocycles. The molecule has 11 heteroatoms. The van der Waals surface area contributed by atoms with Crippen molar-refractivity contribution in [3.63, 3.8) is 0 Å². The molecular weight excluding hydrogens is 352 g/mol. The van der Waals surface area contributed by atoms with E-state index in [2.05, 4.69) is 40.9 Å². The van der Waals surface area contributed by atoms with Crippen LogP contribution in [-0.4, -0.2) is 57.2 Å². The van der Waals surface area contributed by atoms with Crippen LogP contribution in [0.5, 0.6) is 0 Å². The number of nitrogens with zero attached hydrogens (tertiary/aromatic N) is 9. The first-order chi connectivity index (χ1) is 12.7. The smallest absolute Gasteiger partial charge is 0.209 e. The predicted molar refractivity (Wildman–Crippen MR) is 97.5 cm³/mol. The van der Waals surface area contributed by atoms with Crippen LogP contribution in [0.4, 0.5) is 5.82 Å². The number of tetrazole rings is 1. The Morgan fingerprint density at radius 1 is 1.12 bits per heavy atom. The highest BCUT2D eigenvalue weighted by Gasteiger charge is 2.13. The van der Waals surface area contributed by atoms with E-state index in [4.69, 9.17) is 0 Å². The number of thioether (sulfide) groups is 1. The highest BCUT2D eigenvalue weighted by atomic mass is 32.2. The van der Waals surface area contributed by atoms with Gasteiger partial charge >= 0.3 is 0 Å². The summed E-state index contributed by atoms with van der Waals surface area (Å²) >= 11 is 1.58. The highest BCUT2D eigenvalue weighted by molar-refractivity contribution is 7.99. The molecule has 0 spiro atoms. The second-order valence-electron chi connectivity index (χ2n) is 5.50. The fraction of sp³-hybridized carbons (Fsp3) is 0.267. The molecule has 4 rings (SSSR count). The molecule has 0 aliphatic carbocycles. The fourth-order valence-electron chi connectivity index (χ4n) is 2.44. The molecule has 132 valence electrons. The van der Waals surface area contributed by atoms with Crippen LogP contribution in [0.3, 0.4) is 0 Å².